The summed E-state index contributed by atoms with van der Waals surface area (Å²) in [5.41, 5.74) is 1.17. The van der Waals surface area contributed by atoms with Crippen LogP contribution in [0.1, 0.15) is 32.1 Å². The molecule has 0 radical (unpaired) electrons. The van der Waals surface area contributed by atoms with Gasteiger partial charge in [-0.2, -0.15) is 5.10 Å². The summed E-state index contributed by atoms with van der Waals surface area (Å²) >= 11 is 0. The highest BCUT2D eigenvalue weighted by atomic mass is 16.7. The average Bonchev–Trinajstić information content (AvgIpc) is 3.55. The van der Waals surface area contributed by atoms with Gasteiger partial charge in [0.05, 0.1) is 17.8 Å². The molecular weight excluding hydrogens is 414 g/mol. The van der Waals surface area contributed by atoms with E-state index in [2.05, 4.69) is 15.7 Å². The zero-order valence-electron chi connectivity index (χ0n) is 17.6. The molecule has 2 fully saturated rings. The molecule has 1 aromatic heterocycles. The number of nitrogens with zero attached hydrogens (tertiary/aromatic N) is 3. The van der Waals surface area contributed by atoms with E-state index in [0.717, 1.165) is 25.7 Å². The number of carbonyl (C=O) groups is 3. The van der Waals surface area contributed by atoms with Crippen molar-refractivity contribution in [3.8, 4) is 11.5 Å². The highest BCUT2D eigenvalue weighted by molar-refractivity contribution is 6.03. The Labute approximate surface area is 184 Å². The number of amides is 3. The molecule has 10 nitrogen and oxygen atoms in total. The molecule has 0 bridgehead atoms. The molecule has 1 saturated heterocycles. The van der Waals surface area contributed by atoms with Gasteiger partial charge < -0.3 is 25.0 Å². The Morgan fingerprint density at radius 2 is 1.97 bits per heavy atom. The molecule has 10 heteroatoms. The lowest BCUT2D eigenvalue weighted by molar-refractivity contribution is -0.122. The van der Waals surface area contributed by atoms with Gasteiger partial charge in [-0.15, -0.1) is 0 Å². The van der Waals surface area contributed by atoms with Crippen LogP contribution in [0.25, 0.3) is 0 Å². The van der Waals surface area contributed by atoms with E-state index >= 15 is 0 Å². The highest BCUT2D eigenvalue weighted by Gasteiger charge is 2.36. The van der Waals surface area contributed by atoms with Crippen molar-refractivity contribution >= 4 is 29.1 Å². The van der Waals surface area contributed by atoms with Gasteiger partial charge in [-0.25, -0.2) is 0 Å². The van der Waals surface area contributed by atoms with Crippen LogP contribution in [0.2, 0.25) is 0 Å². The minimum Gasteiger partial charge on any atom is -0.454 e. The average molecular weight is 439 g/mol. The third-order valence-corrected chi connectivity index (χ3v) is 6.09. The van der Waals surface area contributed by atoms with Crippen LogP contribution >= 0.6 is 0 Å². The number of ether oxygens (including phenoxy) is 2. The fourth-order valence-electron chi connectivity index (χ4n) is 4.44. The van der Waals surface area contributed by atoms with Gasteiger partial charge in [-0.05, 0) is 25.0 Å². The number of aromatic nitrogens is 2. The van der Waals surface area contributed by atoms with Gasteiger partial charge in [-0.1, -0.05) is 12.8 Å². The molecule has 3 heterocycles. The highest BCUT2D eigenvalue weighted by Crippen LogP contribution is 2.37. The fraction of sp³-hybridized carbons (Fsp3) is 0.455. The Bertz CT molecular complexity index is 1050. The molecule has 3 amide bonds. The van der Waals surface area contributed by atoms with Crippen LogP contribution in [-0.2, 0) is 20.9 Å². The van der Waals surface area contributed by atoms with Gasteiger partial charge in [0.2, 0.25) is 24.5 Å². The number of carbonyl (C=O) groups excluding carboxylic acids is 3. The van der Waals surface area contributed by atoms with Crippen LogP contribution < -0.4 is 25.0 Å². The molecule has 1 saturated carbocycles. The molecule has 3 aliphatic rings. The largest absolute Gasteiger partial charge is 0.454 e. The molecule has 0 spiro atoms. The molecule has 2 N–H and O–H groups in total. The minimum absolute atomic E-state index is 0.0846. The third kappa shape index (κ3) is 4.25. The van der Waals surface area contributed by atoms with Crippen LogP contribution in [0.5, 0.6) is 11.5 Å². The van der Waals surface area contributed by atoms with E-state index in [0.29, 0.717) is 22.9 Å². The SMILES string of the molecule is O=C(Cn1cc(NC(=O)C2CC(=O)N(c3ccc4c(c3)OCO4)C2)cn1)NC1CCCC1. The van der Waals surface area contributed by atoms with Gasteiger partial charge in [-0.3, -0.25) is 19.1 Å². The zero-order chi connectivity index (χ0) is 22.1. The van der Waals surface area contributed by atoms with Gasteiger partial charge in [0.25, 0.3) is 0 Å². The number of rotatable bonds is 6. The van der Waals surface area contributed by atoms with E-state index in [-0.39, 0.29) is 50.1 Å². The normalized spacial score (nSPS) is 20.1. The van der Waals surface area contributed by atoms with E-state index in [9.17, 15) is 14.4 Å². The first-order valence-electron chi connectivity index (χ1n) is 10.9. The first-order chi connectivity index (χ1) is 15.5. The smallest absolute Gasteiger partial charge is 0.241 e. The summed E-state index contributed by atoms with van der Waals surface area (Å²) < 4.78 is 12.2. The Balaban J connectivity index is 1.16. The van der Waals surface area contributed by atoms with E-state index in [1.165, 1.54) is 10.9 Å². The van der Waals surface area contributed by atoms with Gasteiger partial charge in [0.15, 0.2) is 11.5 Å². The van der Waals surface area contributed by atoms with Crippen molar-refractivity contribution in [1.29, 1.82) is 0 Å². The molecular formula is C22H25N5O5. The second-order valence-corrected chi connectivity index (χ2v) is 8.41. The van der Waals surface area contributed by atoms with Crippen LogP contribution in [0, 0.1) is 5.92 Å². The lowest BCUT2D eigenvalue weighted by Crippen LogP contribution is -2.35. The van der Waals surface area contributed by atoms with E-state index < -0.39 is 5.92 Å². The number of benzene rings is 1. The van der Waals surface area contributed by atoms with Gasteiger partial charge >= 0.3 is 0 Å². The standard InChI is InChI=1S/C22H25N5O5/c28-20(24-15-3-1-2-4-15)12-26-11-16(9-23-26)25-22(30)14-7-21(29)27(10-14)17-5-6-18-19(8-17)32-13-31-18/h5-6,8-9,11,14-15H,1-4,7,10,12-13H2,(H,24,28)(H,25,30). The summed E-state index contributed by atoms with van der Waals surface area (Å²) in [6.45, 7) is 0.544. The predicted octanol–water partition coefficient (Wildman–Crippen LogP) is 1.66. The summed E-state index contributed by atoms with van der Waals surface area (Å²) in [5.74, 6) is 0.289. The first kappa shape index (κ1) is 20.3. The second-order valence-electron chi connectivity index (χ2n) is 8.41. The molecule has 2 aromatic rings. The first-order valence-corrected chi connectivity index (χ1v) is 10.9. The molecule has 2 aliphatic heterocycles. The summed E-state index contributed by atoms with van der Waals surface area (Å²) in [5, 5.41) is 9.98. The van der Waals surface area contributed by atoms with Crippen LogP contribution in [0.3, 0.4) is 0 Å². The Morgan fingerprint density at radius 3 is 2.81 bits per heavy atom. The summed E-state index contributed by atoms with van der Waals surface area (Å²) in [6, 6.07) is 5.55. The molecule has 1 aromatic carbocycles. The topological polar surface area (TPSA) is 115 Å². The number of nitrogens with one attached hydrogen (secondary N) is 2. The summed E-state index contributed by atoms with van der Waals surface area (Å²) in [7, 11) is 0. The maximum absolute atomic E-state index is 12.7. The lowest BCUT2D eigenvalue weighted by atomic mass is 10.1. The number of fused-ring (bicyclic) bond motifs is 1. The third-order valence-electron chi connectivity index (χ3n) is 6.09. The predicted molar refractivity (Wildman–Crippen MR) is 114 cm³/mol. The maximum Gasteiger partial charge on any atom is 0.241 e. The van der Waals surface area contributed by atoms with Crippen molar-refractivity contribution in [3.05, 3.63) is 30.6 Å². The number of hydrogen-bond acceptors (Lipinski definition) is 6. The maximum atomic E-state index is 12.7. The van der Waals surface area contributed by atoms with Crippen LogP contribution in [0.15, 0.2) is 30.6 Å². The van der Waals surface area contributed by atoms with Crippen molar-refractivity contribution < 1.29 is 23.9 Å². The Morgan fingerprint density at radius 1 is 1.16 bits per heavy atom. The molecule has 1 aliphatic carbocycles. The van der Waals surface area contributed by atoms with E-state index in [1.54, 1.807) is 29.3 Å². The summed E-state index contributed by atoms with van der Waals surface area (Å²) in [4.78, 5) is 39.0. The lowest BCUT2D eigenvalue weighted by Gasteiger charge is -2.17. The van der Waals surface area contributed by atoms with Crippen molar-refractivity contribution in [3.63, 3.8) is 0 Å². The van der Waals surface area contributed by atoms with Crippen molar-refractivity contribution in [2.24, 2.45) is 5.92 Å². The Hall–Kier alpha value is -3.56. The molecule has 32 heavy (non-hydrogen) atoms. The fourth-order valence-corrected chi connectivity index (χ4v) is 4.44. The molecule has 5 rings (SSSR count). The molecule has 1 atom stereocenters. The van der Waals surface area contributed by atoms with Gasteiger partial charge in [0.1, 0.15) is 6.54 Å². The Kier molecular flexibility index (Phi) is 5.42. The van der Waals surface area contributed by atoms with Crippen LogP contribution in [0.4, 0.5) is 11.4 Å². The number of hydrogen-bond donors (Lipinski definition) is 2. The quantitative estimate of drug-likeness (QED) is 0.708. The van der Waals surface area contributed by atoms with Gasteiger partial charge in [0, 0.05) is 37.0 Å². The zero-order valence-corrected chi connectivity index (χ0v) is 17.6. The van der Waals surface area contributed by atoms with E-state index in [1.807, 2.05) is 0 Å². The van der Waals surface area contributed by atoms with Crippen molar-refractivity contribution in [1.82, 2.24) is 15.1 Å². The minimum atomic E-state index is -0.484. The number of anilines is 2. The van der Waals surface area contributed by atoms with Crippen molar-refractivity contribution in [2.45, 2.75) is 44.7 Å². The summed E-state index contributed by atoms with van der Waals surface area (Å²) in [6.07, 6.45) is 7.60. The molecule has 168 valence electrons. The molecule has 1 unspecified atom stereocenters. The van der Waals surface area contributed by atoms with Crippen molar-refractivity contribution in [2.75, 3.05) is 23.6 Å². The van der Waals surface area contributed by atoms with Crippen LogP contribution in [-0.4, -0.2) is 46.9 Å². The van der Waals surface area contributed by atoms with E-state index in [4.69, 9.17) is 9.47 Å². The second kappa shape index (κ2) is 8.52. The monoisotopic (exact) mass is 439 g/mol.